The molecule has 0 aliphatic rings. The third-order valence-electron chi connectivity index (χ3n) is 4.28. The van der Waals surface area contributed by atoms with Crippen molar-refractivity contribution in [2.75, 3.05) is 11.9 Å². The first-order valence-electron chi connectivity index (χ1n) is 8.53. The molecule has 0 aliphatic heterocycles. The van der Waals surface area contributed by atoms with Gasteiger partial charge in [0.15, 0.2) is 6.61 Å². The van der Waals surface area contributed by atoms with Crippen molar-refractivity contribution in [1.82, 2.24) is 0 Å². The summed E-state index contributed by atoms with van der Waals surface area (Å²) < 4.78 is 10.9. The summed E-state index contributed by atoms with van der Waals surface area (Å²) in [5, 5.41) is 3.66. The molecule has 26 heavy (non-hydrogen) atoms. The Bertz CT molecular complexity index is 1020. The smallest absolute Gasteiger partial charge is 0.339 e. The maximum Gasteiger partial charge on any atom is 0.339 e. The molecule has 0 fully saturated rings. The molecule has 0 saturated heterocycles. The fourth-order valence-corrected chi connectivity index (χ4v) is 2.94. The Balaban J connectivity index is 1.73. The van der Waals surface area contributed by atoms with Crippen LogP contribution in [0.1, 0.15) is 23.6 Å². The SMILES string of the molecule is CCc1c(C)c2ccc(OCC(=O)Nc3cccc(C)c3)cc2oc1=O. The predicted octanol–water partition coefficient (Wildman–Crippen LogP) is 3.99. The zero-order valence-corrected chi connectivity index (χ0v) is 15.1. The summed E-state index contributed by atoms with van der Waals surface area (Å²) in [6.07, 6.45) is 0.626. The Morgan fingerprint density at radius 2 is 1.96 bits per heavy atom. The molecule has 1 amide bonds. The second-order valence-electron chi connectivity index (χ2n) is 6.21. The van der Waals surface area contributed by atoms with E-state index in [9.17, 15) is 9.59 Å². The van der Waals surface area contributed by atoms with E-state index in [1.54, 1.807) is 12.1 Å². The molecule has 0 bridgehead atoms. The summed E-state index contributed by atoms with van der Waals surface area (Å²) in [6, 6.07) is 12.8. The van der Waals surface area contributed by atoms with Crippen molar-refractivity contribution >= 4 is 22.6 Å². The number of hydrogen-bond acceptors (Lipinski definition) is 4. The number of amides is 1. The van der Waals surface area contributed by atoms with Crippen LogP contribution in [0.3, 0.4) is 0 Å². The van der Waals surface area contributed by atoms with Crippen molar-refractivity contribution in [1.29, 1.82) is 0 Å². The number of aryl methyl sites for hydroxylation is 2. The normalized spacial score (nSPS) is 10.7. The third-order valence-corrected chi connectivity index (χ3v) is 4.28. The Labute approximate surface area is 151 Å². The fourth-order valence-electron chi connectivity index (χ4n) is 2.94. The van der Waals surface area contributed by atoms with Crippen molar-refractivity contribution < 1.29 is 13.9 Å². The maximum absolute atomic E-state index is 12.0. The number of carbonyl (C=O) groups is 1. The first kappa shape index (κ1) is 17.7. The molecule has 1 N–H and O–H groups in total. The standard InChI is InChI=1S/C21H21NO4/c1-4-17-14(3)18-9-8-16(11-19(18)26-21(17)24)25-12-20(23)22-15-7-5-6-13(2)10-15/h5-11H,4,12H2,1-3H3,(H,22,23). The molecular weight excluding hydrogens is 330 g/mol. The summed E-state index contributed by atoms with van der Waals surface area (Å²) in [6.45, 7) is 5.67. The highest BCUT2D eigenvalue weighted by atomic mass is 16.5. The van der Waals surface area contributed by atoms with Crippen molar-refractivity contribution in [3.63, 3.8) is 0 Å². The van der Waals surface area contributed by atoms with Crippen LogP contribution in [-0.2, 0) is 11.2 Å². The highest BCUT2D eigenvalue weighted by Crippen LogP contribution is 2.24. The van der Waals surface area contributed by atoms with E-state index < -0.39 is 0 Å². The van der Waals surface area contributed by atoms with E-state index in [4.69, 9.17) is 9.15 Å². The molecule has 0 saturated carbocycles. The summed E-state index contributed by atoms with van der Waals surface area (Å²) in [4.78, 5) is 24.1. The highest BCUT2D eigenvalue weighted by molar-refractivity contribution is 5.92. The molecule has 1 aromatic heterocycles. The van der Waals surface area contributed by atoms with Crippen LogP contribution in [0.5, 0.6) is 5.75 Å². The van der Waals surface area contributed by atoms with E-state index in [-0.39, 0.29) is 18.1 Å². The molecule has 5 heteroatoms. The number of anilines is 1. The lowest BCUT2D eigenvalue weighted by atomic mass is 10.0. The molecule has 0 radical (unpaired) electrons. The summed E-state index contributed by atoms with van der Waals surface area (Å²) >= 11 is 0. The average Bonchev–Trinajstić information content (AvgIpc) is 2.60. The number of rotatable bonds is 5. The van der Waals surface area contributed by atoms with Gasteiger partial charge in [0.25, 0.3) is 5.91 Å². The Hall–Kier alpha value is -3.08. The van der Waals surface area contributed by atoms with Gasteiger partial charge in [-0.05, 0) is 55.7 Å². The molecule has 134 valence electrons. The average molecular weight is 351 g/mol. The molecule has 2 aromatic carbocycles. The van der Waals surface area contributed by atoms with E-state index >= 15 is 0 Å². The van der Waals surface area contributed by atoms with Crippen LogP contribution in [0.25, 0.3) is 11.0 Å². The Kier molecular flexibility index (Phi) is 5.07. The van der Waals surface area contributed by atoms with Crippen molar-refractivity contribution in [3.8, 4) is 5.75 Å². The molecule has 5 nitrogen and oxygen atoms in total. The monoisotopic (exact) mass is 351 g/mol. The number of fused-ring (bicyclic) bond motifs is 1. The van der Waals surface area contributed by atoms with Gasteiger partial charge in [-0.2, -0.15) is 0 Å². The lowest BCUT2D eigenvalue weighted by Crippen LogP contribution is -2.20. The van der Waals surface area contributed by atoms with E-state index in [0.29, 0.717) is 23.3 Å². The van der Waals surface area contributed by atoms with Gasteiger partial charge in [0.1, 0.15) is 11.3 Å². The molecule has 0 atom stereocenters. The Morgan fingerprint density at radius 1 is 1.15 bits per heavy atom. The van der Waals surface area contributed by atoms with Crippen LogP contribution in [0.15, 0.2) is 51.7 Å². The van der Waals surface area contributed by atoms with Gasteiger partial charge in [0.2, 0.25) is 0 Å². The zero-order chi connectivity index (χ0) is 18.7. The van der Waals surface area contributed by atoms with Gasteiger partial charge in [0, 0.05) is 22.7 Å². The molecule has 3 aromatic rings. The number of carbonyl (C=O) groups excluding carboxylic acids is 1. The first-order valence-corrected chi connectivity index (χ1v) is 8.53. The van der Waals surface area contributed by atoms with Crippen molar-refractivity contribution in [2.24, 2.45) is 0 Å². The van der Waals surface area contributed by atoms with E-state index in [2.05, 4.69) is 5.32 Å². The highest BCUT2D eigenvalue weighted by Gasteiger charge is 2.11. The van der Waals surface area contributed by atoms with Crippen LogP contribution in [0, 0.1) is 13.8 Å². The summed E-state index contributed by atoms with van der Waals surface area (Å²) in [7, 11) is 0. The molecule has 1 heterocycles. The van der Waals surface area contributed by atoms with Gasteiger partial charge in [0.05, 0.1) is 0 Å². The second-order valence-corrected chi connectivity index (χ2v) is 6.21. The zero-order valence-electron chi connectivity index (χ0n) is 15.1. The fraction of sp³-hybridized carbons (Fsp3) is 0.238. The lowest BCUT2D eigenvalue weighted by Gasteiger charge is -2.10. The van der Waals surface area contributed by atoms with Gasteiger partial charge >= 0.3 is 5.63 Å². The topological polar surface area (TPSA) is 68.5 Å². The van der Waals surface area contributed by atoms with Crippen LogP contribution in [-0.4, -0.2) is 12.5 Å². The van der Waals surface area contributed by atoms with E-state index in [1.807, 2.05) is 51.1 Å². The number of hydrogen-bond donors (Lipinski definition) is 1. The first-order chi connectivity index (χ1) is 12.5. The summed E-state index contributed by atoms with van der Waals surface area (Å²) in [5.74, 6) is 0.221. The van der Waals surface area contributed by atoms with Gasteiger partial charge in [-0.15, -0.1) is 0 Å². The van der Waals surface area contributed by atoms with Crippen LogP contribution in [0.4, 0.5) is 5.69 Å². The van der Waals surface area contributed by atoms with Gasteiger partial charge < -0.3 is 14.5 Å². The molecular formula is C21H21NO4. The van der Waals surface area contributed by atoms with Crippen molar-refractivity contribution in [3.05, 3.63) is 69.6 Å². The minimum Gasteiger partial charge on any atom is -0.484 e. The van der Waals surface area contributed by atoms with Crippen molar-refractivity contribution in [2.45, 2.75) is 27.2 Å². The maximum atomic E-state index is 12.0. The molecule has 3 rings (SSSR count). The van der Waals surface area contributed by atoms with Crippen LogP contribution < -0.4 is 15.7 Å². The molecule has 0 spiro atoms. The quantitative estimate of drug-likeness (QED) is 0.706. The van der Waals surface area contributed by atoms with Gasteiger partial charge in [-0.25, -0.2) is 4.79 Å². The summed E-state index contributed by atoms with van der Waals surface area (Å²) in [5.41, 5.74) is 3.53. The number of benzene rings is 2. The van der Waals surface area contributed by atoms with Crippen LogP contribution >= 0.6 is 0 Å². The minimum atomic E-state index is -0.327. The largest absolute Gasteiger partial charge is 0.484 e. The predicted molar refractivity (Wildman–Crippen MR) is 102 cm³/mol. The third kappa shape index (κ3) is 3.77. The van der Waals surface area contributed by atoms with Gasteiger partial charge in [-0.3, -0.25) is 4.79 Å². The molecule has 0 unspecified atom stereocenters. The Morgan fingerprint density at radius 3 is 2.69 bits per heavy atom. The lowest BCUT2D eigenvalue weighted by molar-refractivity contribution is -0.118. The van der Waals surface area contributed by atoms with Crippen LogP contribution in [0.2, 0.25) is 0 Å². The number of nitrogens with one attached hydrogen (secondary N) is 1. The molecule has 0 aliphatic carbocycles. The number of ether oxygens (including phenoxy) is 1. The van der Waals surface area contributed by atoms with E-state index in [0.717, 1.165) is 22.2 Å². The second kappa shape index (κ2) is 7.44. The van der Waals surface area contributed by atoms with E-state index in [1.165, 1.54) is 0 Å². The minimum absolute atomic E-state index is 0.129. The van der Waals surface area contributed by atoms with Gasteiger partial charge in [-0.1, -0.05) is 19.1 Å².